The van der Waals surface area contributed by atoms with Crippen molar-refractivity contribution < 1.29 is 19.1 Å². The molecular formula is C18H25ClO4. The second-order valence-electron chi connectivity index (χ2n) is 5.33. The molecule has 0 heterocycles. The van der Waals surface area contributed by atoms with E-state index in [4.69, 9.17) is 21.1 Å². The van der Waals surface area contributed by atoms with E-state index in [1.165, 1.54) is 0 Å². The number of esters is 2. The van der Waals surface area contributed by atoms with Crippen molar-refractivity contribution in [1.82, 2.24) is 0 Å². The van der Waals surface area contributed by atoms with E-state index in [0.717, 1.165) is 38.5 Å². The third kappa shape index (κ3) is 9.24. The highest BCUT2D eigenvalue weighted by atomic mass is 35.5. The van der Waals surface area contributed by atoms with E-state index >= 15 is 0 Å². The normalized spacial score (nSPS) is 10.3. The van der Waals surface area contributed by atoms with Gasteiger partial charge < -0.3 is 9.47 Å². The Hall–Kier alpha value is -1.55. The third-order valence-electron chi connectivity index (χ3n) is 3.38. The first-order valence-corrected chi connectivity index (χ1v) is 8.62. The molecule has 23 heavy (non-hydrogen) atoms. The molecule has 0 amide bonds. The minimum absolute atomic E-state index is 0.116. The fourth-order valence-corrected chi connectivity index (χ4v) is 2.35. The van der Waals surface area contributed by atoms with Gasteiger partial charge in [-0.2, -0.15) is 0 Å². The first kappa shape index (κ1) is 19.5. The van der Waals surface area contributed by atoms with Gasteiger partial charge in [0.15, 0.2) is 0 Å². The molecule has 0 N–H and O–H groups in total. The Morgan fingerprint density at radius 2 is 1.48 bits per heavy atom. The first-order chi connectivity index (χ1) is 11.1. The molecular weight excluding hydrogens is 316 g/mol. The highest BCUT2D eigenvalue weighted by Gasteiger charge is 2.07. The smallest absolute Gasteiger partial charge is 0.311 e. The standard InChI is InChI=1S/C18H25ClO4/c1-2-22-17(20)13-7-5-3-4-6-8-14-18(21)23-16-12-10-9-11-15(16)19/h9-12H,2-8,13-14H2,1H3. The summed E-state index contributed by atoms with van der Waals surface area (Å²) in [5.74, 6) is 0.0494. The van der Waals surface area contributed by atoms with Crippen molar-refractivity contribution in [3.05, 3.63) is 29.3 Å². The minimum atomic E-state index is -0.250. The molecule has 1 aromatic carbocycles. The number of unbranched alkanes of at least 4 members (excludes halogenated alkanes) is 5. The van der Waals surface area contributed by atoms with Crippen LogP contribution in [0.4, 0.5) is 0 Å². The van der Waals surface area contributed by atoms with Gasteiger partial charge in [-0.1, -0.05) is 49.4 Å². The van der Waals surface area contributed by atoms with E-state index in [1.807, 2.05) is 6.92 Å². The topological polar surface area (TPSA) is 52.6 Å². The van der Waals surface area contributed by atoms with E-state index in [0.29, 0.717) is 30.2 Å². The summed E-state index contributed by atoms with van der Waals surface area (Å²) in [7, 11) is 0. The predicted octanol–water partition coefficient (Wildman–Crippen LogP) is 4.93. The lowest BCUT2D eigenvalue weighted by atomic mass is 10.1. The van der Waals surface area contributed by atoms with Gasteiger partial charge in [0.2, 0.25) is 0 Å². The molecule has 4 nitrogen and oxygen atoms in total. The highest BCUT2D eigenvalue weighted by molar-refractivity contribution is 6.32. The average molecular weight is 341 g/mol. The fraction of sp³-hybridized carbons (Fsp3) is 0.556. The zero-order valence-corrected chi connectivity index (χ0v) is 14.4. The van der Waals surface area contributed by atoms with Crippen molar-refractivity contribution in [2.75, 3.05) is 6.61 Å². The van der Waals surface area contributed by atoms with Crippen molar-refractivity contribution in [2.24, 2.45) is 0 Å². The number of hydrogen-bond acceptors (Lipinski definition) is 4. The number of ether oxygens (including phenoxy) is 2. The summed E-state index contributed by atoms with van der Waals surface area (Å²) in [4.78, 5) is 22.8. The number of hydrogen-bond donors (Lipinski definition) is 0. The second-order valence-corrected chi connectivity index (χ2v) is 5.74. The van der Waals surface area contributed by atoms with Crippen LogP contribution in [0.2, 0.25) is 5.02 Å². The second kappa shape index (κ2) is 11.9. The largest absolute Gasteiger partial charge is 0.466 e. The summed E-state index contributed by atoms with van der Waals surface area (Å²) in [5.41, 5.74) is 0. The quantitative estimate of drug-likeness (QED) is 0.325. The number of carbonyl (C=O) groups excluding carboxylic acids is 2. The van der Waals surface area contributed by atoms with E-state index in [-0.39, 0.29) is 11.9 Å². The van der Waals surface area contributed by atoms with Gasteiger partial charge in [0.25, 0.3) is 0 Å². The molecule has 1 aromatic rings. The predicted molar refractivity (Wildman–Crippen MR) is 90.7 cm³/mol. The molecule has 0 saturated carbocycles. The van der Waals surface area contributed by atoms with Gasteiger partial charge in [-0.3, -0.25) is 9.59 Å². The summed E-state index contributed by atoms with van der Waals surface area (Å²) in [6, 6.07) is 6.96. The molecule has 0 saturated heterocycles. The van der Waals surface area contributed by atoms with Gasteiger partial charge in [0, 0.05) is 12.8 Å². The molecule has 0 aromatic heterocycles. The van der Waals surface area contributed by atoms with Crippen LogP contribution in [-0.2, 0) is 14.3 Å². The summed E-state index contributed by atoms with van der Waals surface area (Å²) in [6.07, 6.45) is 6.70. The Kier molecular flexibility index (Phi) is 10.1. The maximum absolute atomic E-state index is 11.7. The number of rotatable bonds is 11. The van der Waals surface area contributed by atoms with Crippen LogP contribution in [0.25, 0.3) is 0 Å². The van der Waals surface area contributed by atoms with Crippen LogP contribution in [-0.4, -0.2) is 18.5 Å². The fourth-order valence-electron chi connectivity index (χ4n) is 2.18. The van der Waals surface area contributed by atoms with Gasteiger partial charge in [-0.05, 0) is 31.9 Å². The zero-order chi connectivity index (χ0) is 16.9. The van der Waals surface area contributed by atoms with Crippen LogP contribution < -0.4 is 4.74 Å². The van der Waals surface area contributed by atoms with Gasteiger partial charge in [0.1, 0.15) is 5.75 Å². The third-order valence-corrected chi connectivity index (χ3v) is 3.69. The molecule has 0 atom stereocenters. The number of carbonyl (C=O) groups is 2. The molecule has 0 fully saturated rings. The average Bonchev–Trinajstić information content (AvgIpc) is 2.52. The van der Waals surface area contributed by atoms with E-state index in [2.05, 4.69) is 0 Å². The lowest BCUT2D eigenvalue weighted by Crippen LogP contribution is -2.07. The van der Waals surface area contributed by atoms with E-state index in [9.17, 15) is 9.59 Å². The van der Waals surface area contributed by atoms with Gasteiger partial charge in [-0.15, -0.1) is 0 Å². The van der Waals surface area contributed by atoms with Crippen LogP contribution >= 0.6 is 11.6 Å². The van der Waals surface area contributed by atoms with E-state index < -0.39 is 0 Å². The Bertz CT molecular complexity index is 488. The molecule has 0 spiro atoms. The molecule has 0 aliphatic rings. The molecule has 0 unspecified atom stereocenters. The van der Waals surface area contributed by atoms with Crippen molar-refractivity contribution in [1.29, 1.82) is 0 Å². The molecule has 128 valence electrons. The van der Waals surface area contributed by atoms with Crippen molar-refractivity contribution in [2.45, 2.75) is 58.3 Å². The SMILES string of the molecule is CCOC(=O)CCCCCCCCC(=O)Oc1ccccc1Cl. The molecule has 0 bridgehead atoms. The zero-order valence-electron chi connectivity index (χ0n) is 13.7. The minimum Gasteiger partial charge on any atom is -0.466 e. The molecule has 5 heteroatoms. The lowest BCUT2D eigenvalue weighted by Gasteiger charge is -2.06. The van der Waals surface area contributed by atoms with Crippen LogP contribution in [0.15, 0.2) is 24.3 Å². The summed E-state index contributed by atoms with van der Waals surface area (Å²) < 4.78 is 10.1. The number of halogens is 1. The Morgan fingerprint density at radius 3 is 2.09 bits per heavy atom. The molecule has 0 aliphatic heterocycles. The van der Waals surface area contributed by atoms with Crippen molar-refractivity contribution in [3.63, 3.8) is 0 Å². The Labute approximate surface area is 143 Å². The monoisotopic (exact) mass is 340 g/mol. The molecule has 0 aliphatic carbocycles. The maximum atomic E-state index is 11.7. The van der Waals surface area contributed by atoms with Gasteiger partial charge in [0.05, 0.1) is 11.6 Å². The molecule has 0 radical (unpaired) electrons. The Morgan fingerprint density at radius 1 is 0.913 bits per heavy atom. The van der Waals surface area contributed by atoms with Crippen LogP contribution in [0.1, 0.15) is 58.3 Å². The summed E-state index contributed by atoms with van der Waals surface area (Å²) in [6.45, 7) is 2.26. The van der Waals surface area contributed by atoms with Crippen LogP contribution in [0.3, 0.4) is 0 Å². The number of benzene rings is 1. The highest BCUT2D eigenvalue weighted by Crippen LogP contribution is 2.23. The van der Waals surface area contributed by atoms with Crippen molar-refractivity contribution in [3.8, 4) is 5.75 Å². The van der Waals surface area contributed by atoms with E-state index in [1.54, 1.807) is 24.3 Å². The van der Waals surface area contributed by atoms with Crippen molar-refractivity contribution >= 4 is 23.5 Å². The first-order valence-electron chi connectivity index (χ1n) is 8.24. The van der Waals surface area contributed by atoms with Crippen LogP contribution in [0.5, 0.6) is 5.75 Å². The van der Waals surface area contributed by atoms with Crippen LogP contribution in [0, 0.1) is 0 Å². The number of para-hydroxylation sites is 1. The maximum Gasteiger partial charge on any atom is 0.311 e. The lowest BCUT2D eigenvalue weighted by molar-refractivity contribution is -0.143. The summed E-state index contributed by atoms with van der Waals surface area (Å²) >= 11 is 5.93. The summed E-state index contributed by atoms with van der Waals surface area (Å²) in [5, 5.41) is 0.447. The molecule has 1 rings (SSSR count). The van der Waals surface area contributed by atoms with Gasteiger partial charge in [-0.25, -0.2) is 0 Å². The Balaban J connectivity index is 1.99. The van der Waals surface area contributed by atoms with Gasteiger partial charge >= 0.3 is 11.9 Å².